The van der Waals surface area contributed by atoms with Crippen molar-refractivity contribution in [3.63, 3.8) is 0 Å². The van der Waals surface area contributed by atoms with E-state index in [0.29, 0.717) is 12.0 Å². The Hall–Kier alpha value is -3.35. The average molecular weight is 483 g/mol. The van der Waals surface area contributed by atoms with Gasteiger partial charge in [-0.2, -0.15) is 8.78 Å². The lowest BCUT2D eigenvalue weighted by atomic mass is 9.91. The second-order valence-electron chi connectivity index (χ2n) is 9.13. The van der Waals surface area contributed by atoms with Crippen molar-refractivity contribution in [3.05, 3.63) is 72.3 Å². The number of unbranched alkanes of at least 4 members (excludes halogenated alkanes) is 1. The Kier molecular flexibility index (Phi) is 7.43. The highest BCUT2D eigenvalue weighted by Gasteiger charge is 2.51. The number of fused-ring (bicyclic) bond motifs is 1. The van der Waals surface area contributed by atoms with Gasteiger partial charge in [-0.05, 0) is 35.8 Å². The molecule has 35 heavy (non-hydrogen) atoms. The van der Waals surface area contributed by atoms with E-state index in [-0.39, 0.29) is 31.1 Å². The molecule has 0 radical (unpaired) electrons. The molecule has 0 N–H and O–H groups in total. The first-order valence-corrected chi connectivity index (χ1v) is 11.9. The Morgan fingerprint density at radius 3 is 2.46 bits per heavy atom. The van der Waals surface area contributed by atoms with E-state index in [2.05, 4.69) is 0 Å². The van der Waals surface area contributed by atoms with Crippen LogP contribution in [-0.4, -0.2) is 35.9 Å². The van der Waals surface area contributed by atoms with Crippen molar-refractivity contribution in [3.8, 4) is 11.1 Å². The van der Waals surface area contributed by atoms with E-state index >= 15 is 0 Å². The summed E-state index contributed by atoms with van der Waals surface area (Å²) in [4.78, 5) is 36.8. The van der Waals surface area contributed by atoms with Crippen LogP contribution in [0, 0.1) is 11.8 Å². The van der Waals surface area contributed by atoms with Crippen LogP contribution < -0.4 is 0 Å². The van der Waals surface area contributed by atoms with Crippen LogP contribution in [0.4, 0.5) is 8.78 Å². The van der Waals surface area contributed by atoms with Gasteiger partial charge < -0.3 is 9.47 Å². The first-order chi connectivity index (χ1) is 16.8. The van der Waals surface area contributed by atoms with Gasteiger partial charge in [0, 0.05) is 24.7 Å². The lowest BCUT2D eigenvalue weighted by Gasteiger charge is -2.20. The monoisotopic (exact) mass is 482 g/mol. The summed E-state index contributed by atoms with van der Waals surface area (Å²) in [6.45, 7) is 1.78. The van der Waals surface area contributed by atoms with Gasteiger partial charge >= 0.3 is 17.9 Å². The smallest absolute Gasteiger partial charge is 0.338 e. The van der Waals surface area contributed by atoms with E-state index in [1.54, 1.807) is 19.1 Å². The molecule has 1 aliphatic heterocycles. The number of ether oxygens (including phenoxy) is 2. The van der Waals surface area contributed by atoms with Gasteiger partial charge in [0.25, 0.3) is 0 Å². The lowest BCUT2D eigenvalue weighted by Crippen LogP contribution is -2.28. The van der Waals surface area contributed by atoms with Gasteiger partial charge in [-0.1, -0.05) is 61.9 Å². The Balaban J connectivity index is 1.47. The minimum Gasteiger partial charge on any atom is -0.462 e. The van der Waals surface area contributed by atoms with E-state index in [9.17, 15) is 23.2 Å². The molecular formula is C28H28F2O5. The molecule has 184 valence electrons. The molecule has 0 aromatic heterocycles. The number of carbonyl (C=O) groups is 3. The minimum atomic E-state index is -3.45. The van der Waals surface area contributed by atoms with E-state index < -0.39 is 42.2 Å². The van der Waals surface area contributed by atoms with E-state index in [4.69, 9.17) is 9.47 Å². The van der Waals surface area contributed by atoms with Crippen molar-refractivity contribution in [1.82, 2.24) is 0 Å². The van der Waals surface area contributed by atoms with Crippen LogP contribution in [0.5, 0.6) is 0 Å². The number of alkyl halides is 2. The highest BCUT2D eigenvalue weighted by atomic mass is 19.3. The van der Waals surface area contributed by atoms with Crippen LogP contribution in [0.2, 0.25) is 0 Å². The Labute approximate surface area is 203 Å². The molecule has 2 fully saturated rings. The summed E-state index contributed by atoms with van der Waals surface area (Å²) >= 11 is 0. The molecule has 0 bridgehead atoms. The quantitative estimate of drug-likeness (QED) is 0.335. The summed E-state index contributed by atoms with van der Waals surface area (Å²) in [5, 5.41) is 0. The van der Waals surface area contributed by atoms with Crippen molar-refractivity contribution >= 4 is 17.7 Å². The number of ketones is 1. The molecule has 2 aromatic carbocycles. The summed E-state index contributed by atoms with van der Waals surface area (Å²) < 4.78 is 39.3. The van der Waals surface area contributed by atoms with Crippen LogP contribution in [0.15, 0.2) is 66.7 Å². The van der Waals surface area contributed by atoms with E-state index in [1.165, 1.54) is 6.08 Å². The standard InChI is InChI=1S/C28H28F2O5/c1-2-3-15-28(29,30)25(31)14-13-21-22-16-26(32)34-24(22)17-23(21)35-27(33)20-11-9-19(10-12-20)18-7-5-4-6-8-18/h4-14,21-24H,2-3,15-17H2,1H3/b14-13+. The zero-order valence-corrected chi connectivity index (χ0v) is 19.5. The summed E-state index contributed by atoms with van der Waals surface area (Å²) in [5.41, 5.74) is 2.32. The molecular weight excluding hydrogens is 454 g/mol. The Morgan fingerprint density at radius 2 is 1.77 bits per heavy atom. The molecule has 1 aliphatic carbocycles. The third-order valence-electron chi connectivity index (χ3n) is 6.71. The maximum Gasteiger partial charge on any atom is 0.338 e. The third kappa shape index (κ3) is 5.66. The van der Waals surface area contributed by atoms with Gasteiger partial charge in [0.1, 0.15) is 12.2 Å². The minimum absolute atomic E-state index is 0.0971. The molecule has 4 atom stereocenters. The number of benzene rings is 2. The summed E-state index contributed by atoms with van der Waals surface area (Å²) in [7, 11) is 0. The molecule has 1 heterocycles. The van der Waals surface area contributed by atoms with Crippen molar-refractivity contribution in [2.24, 2.45) is 11.8 Å². The van der Waals surface area contributed by atoms with Crippen LogP contribution in [0.25, 0.3) is 11.1 Å². The molecule has 0 amide bonds. The summed E-state index contributed by atoms with van der Waals surface area (Å²) in [5.74, 6) is -6.54. The number of esters is 2. The average Bonchev–Trinajstić information content (AvgIpc) is 3.37. The van der Waals surface area contributed by atoms with Gasteiger partial charge in [0.2, 0.25) is 5.78 Å². The van der Waals surface area contributed by atoms with Gasteiger partial charge in [0.15, 0.2) is 0 Å². The Morgan fingerprint density at radius 1 is 1.09 bits per heavy atom. The molecule has 1 saturated carbocycles. The number of allylic oxidation sites excluding steroid dienone is 1. The fraction of sp³-hybridized carbons (Fsp3) is 0.393. The topological polar surface area (TPSA) is 69.7 Å². The first kappa shape index (κ1) is 24.8. The second kappa shape index (κ2) is 10.5. The number of carbonyl (C=O) groups excluding carboxylic acids is 3. The number of hydrogen-bond donors (Lipinski definition) is 0. The molecule has 7 heteroatoms. The van der Waals surface area contributed by atoms with Crippen molar-refractivity contribution in [2.45, 2.75) is 57.2 Å². The molecule has 5 nitrogen and oxygen atoms in total. The largest absolute Gasteiger partial charge is 0.462 e. The fourth-order valence-electron chi connectivity index (χ4n) is 4.77. The van der Waals surface area contributed by atoms with Gasteiger partial charge in [0.05, 0.1) is 12.0 Å². The molecule has 2 aliphatic rings. The van der Waals surface area contributed by atoms with Gasteiger partial charge in [-0.15, -0.1) is 0 Å². The van der Waals surface area contributed by atoms with E-state index in [0.717, 1.165) is 17.2 Å². The van der Waals surface area contributed by atoms with Crippen LogP contribution in [0.1, 0.15) is 49.4 Å². The highest BCUT2D eigenvalue weighted by Crippen LogP contribution is 2.44. The van der Waals surface area contributed by atoms with Crippen LogP contribution >= 0.6 is 0 Å². The molecule has 0 spiro atoms. The third-order valence-corrected chi connectivity index (χ3v) is 6.71. The predicted octanol–water partition coefficient (Wildman–Crippen LogP) is 5.78. The molecule has 1 saturated heterocycles. The summed E-state index contributed by atoms with van der Waals surface area (Å²) in [6.07, 6.45) is 1.74. The van der Waals surface area contributed by atoms with Gasteiger partial charge in [-0.25, -0.2) is 4.79 Å². The zero-order chi connectivity index (χ0) is 25.0. The maximum absolute atomic E-state index is 14.1. The van der Waals surface area contributed by atoms with Crippen molar-refractivity contribution in [1.29, 1.82) is 0 Å². The van der Waals surface area contributed by atoms with Crippen LogP contribution in [0.3, 0.4) is 0 Å². The van der Waals surface area contributed by atoms with E-state index in [1.807, 2.05) is 42.5 Å². The predicted molar refractivity (Wildman–Crippen MR) is 126 cm³/mol. The van der Waals surface area contributed by atoms with Crippen molar-refractivity contribution in [2.75, 3.05) is 0 Å². The summed E-state index contributed by atoms with van der Waals surface area (Å²) in [6, 6.07) is 16.7. The molecule has 4 rings (SSSR count). The van der Waals surface area contributed by atoms with Crippen LogP contribution in [-0.2, 0) is 19.1 Å². The SMILES string of the molecule is CCCCC(F)(F)C(=O)/C=C/C1C(OC(=O)c2ccc(-c3ccccc3)cc2)CC2OC(=O)CC21. The fourth-order valence-corrected chi connectivity index (χ4v) is 4.77. The normalized spacial score (nSPS) is 23.8. The first-order valence-electron chi connectivity index (χ1n) is 11.9. The lowest BCUT2D eigenvalue weighted by molar-refractivity contribution is -0.142. The maximum atomic E-state index is 14.1. The zero-order valence-electron chi connectivity index (χ0n) is 19.5. The number of hydrogen-bond acceptors (Lipinski definition) is 5. The highest BCUT2D eigenvalue weighted by molar-refractivity contribution is 5.95. The second-order valence-corrected chi connectivity index (χ2v) is 9.13. The number of halogens is 2. The van der Waals surface area contributed by atoms with Crippen molar-refractivity contribution < 1.29 is 32.6 Å². The molecule has 4 unspecified atom stereocenters. The Bertz CT molecular complexity index is 1090. The van der Waals surface area contributed by atoms with Gasteiger partial charge in [-0.3, -0.25) is 9.59 Å². The molecule has 2 aromatic rings. The number of rotatable bonds is 9.